The molecule has 0 radical (unpaired) electrons. The molecule has 154 valence electrons. The molecule has 1 unspecified atom stereocenters. The van der Waals surface area contributed by atoms with Crippen LogP contribution in [0.1, 0.15) is 39.8 Å². The molecule has 0 aromatic carbocycles. The highest BCUT2D eigenvalue weighted by Crippen LogP contribution is 2.21. The van der Waals surface area contributed by atoms with Gasteiger partial charge in [-0.25, -0.2) is 4.98 Å². The summed E-state index contributed by atoms with van der Waals surface area (Å²) < 4.78 is 5.53. The zero-order chi connectivity index (χ0) is 19.6. The molecule has 27 heavy (non-hydrogen) atoms. The van der Waals surface area contributed by atoms with Gasteiger partial charge >= 0.3 is 0 Å². The summed E-state index contributed by atoms with van der Waals surface area (Å²) in [6, 6.07) is 5.54. The molecule has 0 aliphatic carbocycles. The van der Waals surface area contributed by atoms with Crippen LogP contribution in [0.15, 0.2) is 23.2 Å². The van der Waals surface area contributed by atoms with Crippen molar-refractivity contribution in [1.29, 1.82) is 0 Å². The van der Waals surface area contributed by atoms with Crippen LogP contribution >= 0.6 is 24.0 Å². The molecule has 1 amide bonds. The molecule has 1 atom stereocenters. The van der Waals surface area contributed by atoms with Gasteiger partial charge in [-0.05, 0) is 31.4 Å². The minimum Gasteiger partial charge on any atom is -0.379 e. The molecule has 1 heterocycles. The van der Waals surface area contributed by atoms with E-state index >= 15 is 0 Å². The zero-order valence-electron chi connectivity index (χ0n) is 17.3. The highest BCUT2D eigenvalue weighted by atomic mass is 127. The molecule has 3 N–H and O–H groups in total. The summed E-state index contributed by atoms with van der Waals surface area (Å²) in [6.45, 7) is 12.1. The largest absolute Gasteiger partial charge is 0.379 e. The first-order valence-electron chi connectivity index (χ1n) is 9.04. The number of nitrogens with zero attached hydrogens (tertiary/aromatic N) is 2. The number of rotatable bonds is 8. The lowest BCUT2D eigenvalue weighted by molar-refractivity contribution is -0.116. The third-order valence-corrected chi connectivity index (χ3v) is 3.81. The lowest BCUT2D eigenvalue weighted by Crippen LogP contribution is -2.40. The standard InChI is InChI=1S/C19H33N5O2.HI/c1-7-20-18(22-13-15(26-6)19(3,4)5)21-12-11-17(25)24-16-10-8-9-14(2)23-16;/h8-10,15H,7,11-13H2,1-6H3,(H2,20,21,22)(H,23,24,25);1H. The van der Waals surface area contributed by atoms with E-state index < -0.39 is 0 Å². The lowest BCUT2D eigenvalue weighted by Gasteiger charge is -2.28. The Balaban J connectivity index is 0.00000676. The molecule has 0 bridgehead atoms. The second kappa shape index (κ2) is 12.9. The summed E-state index contributed by atoms with van der Waals surface area (Å²) in [7, 11) is 1.70. The molecule has 0 aliphatic rings. The monoisotopic (exact) mass is 491 g/mol. The van der Waals surface area contributed by atoms with Crippen molar-refractivity contribution in [2.45, 2.75) is 47.1 Å². The van der Waals surface area contributed by atoms with Gasteiger partial charge in [-0.15, -0.1) is 24.0 Å². The fraction of sp³-hybridized carbons (Fsp3) is 0.632. The quantitative estimate of drug-likeness (QED) is 0.296. The zero-order valence-corrected chi connectivity index (χ0v) is 19.6. The number of hydrogen-bond acceptors (Lipinski definition) is 4. The number of nitrogens with one attached hydrogen (secondary N) is 3. The Morgan fingerprint density at radius 2 is 2.00 bits per heavy atom. The van der Waals surface area contributed by atoms with Crippen LogP contribution in [0.25, 0.3) is 0 Å². The van der Waals surface area contributed by atoms with Gasteiger partial charge in [0.05, 0.1) is 12.6 Å². The van der Waals surface area contributed by atoms with Crippen LogP contribution in [-0.2, 0) is 9.53 Å². The summed E-state index contributed by atoms with van der Waals surface area (Å²) in [5.74, 6) is 1.17. The molecule has 8 heteroatoms. The van der Waals surface area contributed by atoms with Crippen molar-refractivity contribution in [3.63, 3.8) is 0 Å². The van der Waals surface area contributed by atoms with E-state index in [9.17, 15) is 4.79 Å². The van der Waals surface area contributed by atoms with E-state index in [0.717, 1.165) is 12.2 Å². The number of methoxy groups -OCH3 is 1. The van der Waals surface area contributed by atoms with E-state index in [1.54, 1.807) is 13.2 Å². The average Bonchev–Trinajstić information content (AvgIpc) is 2.54. The van der Waals surface area contributed by atoms with Gasteiger partial charge in [0.1, 0.15) is 5.82 Å². The van der Waals surface area contributed by atoms with E-state index in [0.29, 0.717) is 31.3 Å². The van der Waals surface area contributed by atoms with Crippen molar-refractivity contribution >= 4 is 41.7 Å². The molecule has 1 aromatic rings. The van der Waals surface area contributed by atoms with E-state index in [1.807, 2.05) is 26.0 Å². The molecule has 1 aromatic heterocycles. The van der Waals surface area contributed by atoms with Gasteiger partial charge in [0.25, 0.3) is 0 Å². The SMILES string of the molecule is CCNC(=NCC(OC)C(C)(C)C)NCCC(=O)Nc1cccc(C)n1.I. The third kappa shape index (κ3) is 10.5. The second-order valence-electron chi connectivity index (χ2n) is 7.20. The molecule has 1 rings (SSSR count). The van der Waals surface area contributed by atoms with Gasteiger partial charge in [-0.1, -0.05) is 26.8 Å². The van der Waals surface area contributed by atoms with E-state index in [2.05, 4.69) is 46.7 Å². The average molecular weight is 491 g/mol. The van der Waals surface area contributed by atoms with Crippen LogP contribution in [0.5, 0.6) is 0 Å². The Morgan fingerprint density at radius 3 is 2.56 bits per heavy atom. The number of carbonyl (C=O) groups excluding carboxylic acids is 1. The number of pyridine rings is 1. The number of aliphatic imine (C=N–C) groups is 1. The van der Waals surface area contributed by atoms with Crippen LogP contribution in [0.2, 0.25) is 0 Å². The molecular weight excluding hydrogens is 457 g/mol. The predicted octanol–water partition coefficient (Wildman–Crippen LogP) is 2.95. The first kappa shape index (κ1) is 25.6. The molecule has 0 saturated heterocycles. The van der Waals surface area contributed by atoms with Crippen molar-refractivity contribution in [1.82, 2.24) is 15.6 Å². The predicted molar refractivity (Wildman–Crippen MR) is 122 cm³/mol. The van der Waals surface area contributed by atoms with Crippen LogP contribution in [-0.4, -0.2) is 49.7 Å². The van der Waals surface area contributed by atoms with Gasteiger partial charge in [-0.3, -0.25) is 9.79 Å². The number of aromatic nitrogens is 1. The maximum atomic E-state index is 12.0. The third-order valence-electron chi connectivity index (χ3n) is 3.81. The highest BCUT2D eigenvalue weighted by Gasteiger charge is 2.24. The normalized spacial score (nSPS) is 12.7. The van der Waals surface area contributed by atoms with Crippen molar-refractivity contribution in [3.8, 4) is 0 Å². The lowest BCUT2D eigenvalue weighted by atomic mass is 9.89. The minimum atomic E-state index is -0.0871. The minimum absolute atomic E-state index is 0. The van der Waals surface area contributed by atoms with Crippen LogP contribution in [0.3, 0.4) is 0 Å². The van der Waals surface area contributed by atoms with Gasteiger partial charge in [0, 0.05) is 32.3 Å². The number of guanidine groups is 1. The number of carbonyl (C=O) groups is 1. The fourth-order valence-electron chi connectivity index (χ4n) is 2.33. The smallest absolute Gasteiger partial charge is 0.227 e. The van der Waals surface area contributed by atoms with E-state index in [1.165, 1.54) is 0 Å². The number of aryl methyl sites for hydroxylation is 1. The maximum absolute atomic E-state index is 12.0. The summed E-state index contributed by atoms with van der Waals surface area (Å²) in [6.07, 6.45) is 0.348. The van der Waals surface area contributed by atoms with E-state index in [-0.39, 0.29) is 41.4 Å². The summed E-state index contributed by atoms with van der Waals surface area (Å²) in [5, 5.41) is 9.16. The molecule has 0 spiro atoms. The van der Waals surface area contributed by atoms with Crippen LogP contribution in [0, 0.1) is 12.3 Å². The molecular formula is C19H34IN5O2. The van der Waals surface area contributed by atoms with Crippen molar-refractivity contribution in [2.24, 2.45) is 10.4 Å². The summed E-state index contributed by atoms with van der Waals surface area (Å²) in [4.78, 5) is 20.9. The summed E-state index contributed by atoms with van der Waals surface area (Å²) in [5.41, 5.74) is 0.880. The molecule has 0 fully saturated rings. The number of ether oxygens (including phenoxy) is 1. The van der Waals surface area contributed by atoms with Gasteiger partial charge in [0.15, 0.2) is 5.96 Å². The van der Waals surface area contributed by atoms with E-state index in [4.69, 9.17) is 4.74 Å². The Bertz CT molecular complexity index is 602. The number of hydrogen-bond donors (Lipinski definition) is 3. The Hall–Kier alpha value is -1.42. The number of halogens is 1. The number of anilines is 1. The van der Waals surface area contributed by atoms with Gasteiger partial charge in [0.2, 0.25) is 5.91 Å². The highest BCUT2D eigenvalue weighted by molar-refractivity contribution is 14.0. The summed E-state index contributed by atoms with van der Waals surface area (Å²) >= 11 is 0. The Kier molecular flexibility index (Phi) is 12.2. The van der Waals surface area contributed by atoms with Gasteiger partial charge in [-0.2, -0.15) is 0 Å². The maximum Gasteiger partial charge on any atom is 0.227 e. The first-order chi connectivity index (χ1) is 12.3. The van der Waals surface area contributed by atoms with Crippen LogP contribution < -0.4 is 16.0 Å². The number of amides is 1. The van der Waals surface area contributed by atoms with Crippen molar-refractivity contribution in [3.05, 3.63) is 23.9 Å². The fourth-order valence-corrected chi connectivity index (χ4v) is 2.33. The Labute approximate surface area is 180 Å². The van der Waals surface area contributed by atoms with Gasteiger partial charge < -0.3 is 20.7 Å². The van der Waals surface area contributed by atoms with Crippen molar-refractivity contribution < 1.29 is 9.53 Å². The topological polar surface area (TPSA) is 87.6 Å². The molecule has 0 saturated carbocycles. The Morgan fingerprint density at radius 1 is 1.30 bits per heavy atom. The molecule has 7 nitrogen and oxygen atoms in total. The first-order valence-corrected chi connectivity index (χ1v) is 9.04. The van der Waals surface area contributed by atoms with Crippen LogP contribution in [0.4, 0.5) is 5.82 Å². The van der Waals surface area contributed by atoms with Crippen molar-refractivity contribution in [2.75, 3.05) is 32.1 Å². The second-order valence-corrected chi connectivity index (χ2v) is 7.20. The molecule has 0 aliphatic heterocycles.